The summed E-state index contributed by atoms with van der Waals surface area (Å²) in [5.74, 6) is -1.37. The highest BCUT2D eigenvalue weighted by atomic mass is 16.4. The fourth-order valence-corrected chi connectivity index (χ4v) is 1.97. The van der Waals surface area contributed by atoms with E-state index in [1.54, 1.807) is 24.3 Å². The molecule has 0 heterocycles. The van der Waals surface area contributed by atoms with Crippen LogP contribution in [0.15, 0.2) is 24.3 Å². The monoisotopic (exact) mass is 249 g/mol. The molecule has 96 valence electrons. The molecular weight excluding hydrogens is 234 g/mol. The van der Waals surface area contributed by atoms with Crippen LogP contribution in [-0.4, -0.2) is 27.6 Å². The molecule has 1 aromatic carbocycles. The number of hydrogen-bond acceptors (Lipinski definition) is 3. The highest BCUT2D eigenvalue weighted by Gasteiger charge is 2.45. The van der Waals surface area contributed by atoms with Gasteiger partial charge in [0.1, 0.15) is 5.54 Å². The third-order valence-corrected chi connectivity index (χ3v) is 3.37. The van der Waals surface area contributed by atoms with E-state index in [2.05, 4.69) is 5.32 Å². The molecule has 1 aliphatic carbocycles. The summed E-state index contributed by atoms with van der Waals surface area (Å²) in [6.45, 7) is -0.0824. The summed E-state index contributed by atoms with van der Waals surface area (Å²) in [6, 6.07) is 6.44. The molecule has 1 aromatic rings. The van der Waals surface area contributed by atoms with Gasteiger partial charge in [-0.1, -0.05) is 12.1 Å². The zero-order valence-corrected chi connectivity index (χ0v) is 9.85. The Labute approximate surface area is 104 Å². The minimum absolute atomic E-state index is 0.0824. The number of nitrogens with one attached hydrogen (secondary N) is 1. The Balaban J connectivity index is 2.09. The molecule has 1 aliphatic rings. The van der Waals surface area contributed by atoms with Gasteiger partial charge in [-0.15, -0.1) is 0 Å². The maximum Gasteiger partial charge on any atom is 0.329 e. The molecule has 0 radical (unpaired) electrons. The minimum atomic E-state index is -1.09. The predicted octanol–water partition coefficient (Wildman–Crippen LogP) is 0.916. The number of aliphatic carboxylic acids is 1. The van der Waals surface area contributed by atoms with E-state index in [-0.39, 0.29) is 12.5 Å². The molecule has 1 fully saturated rings. The Morgan fingerprint density at radius 3 is 2.22 bits per heavy atom. The van der Waals surface area contributed by atoms with Crippen molar-refractivity contribution in [3.05, 3.63) is 35.4 Å². The van der Waals surface area contributed by atoms with E-state index in [1.165, 1.54) is 0 Å². The van der Waals surface area contributed by atoms with Gasteiger partial charge in [0.25, 0.3) is 5.91 Å². The van der Waals surface area contributed by atoms with Crippen molar-refractivity contribution in [2.75, 3.05) is 0 Å². The number of carbonyl (C=O) groups is 2. The lowest BCUT2D eigenvalue weighted by Crippen LogP contribution is -2.59. The van der Waals surface area contributed by atoms with Crippen LogP contribution in [0, 0.1) is 0 Å². The first-order valence-electron chi connectivity index (χ1n) is 5.83. The molecule has 0 atom stereocenters. The van der Waals surface area contributed by atoms with Crippen LogP contribution in [0.5, 0.6) is 0 Å². The molecule has 2 rings (SSSR count). The first-order chi connectivity index (χ1) is 8.57. The number of aliphatic hydroxyl groups excluding tert-OH is 1. The molecule has 0 saturated heterocycles. The maximum atomic E-state index is 11.9. The summed E-state index contributed by atoms with van der Waals surface area (Å²) >= 11 is 0. The number of amides is 1. The Kier molecular flexibility index (Phi) is 3.34. The predicted molar refractivity (Wildman–Crippen MR) is 64.0 cm³/mol. The van der Waals surface area contributed by atoms with Gasteiger partial charge >= 0.3 is 5.97 Å². The van der Waals surface area contributed by atoms with Gasteiger partial charge in [-0.25, -0.2) is 4.79 Å². The van der Waals surface area contributed by atoms with Crippen molar-refractivity contribution >= 4 is 11.9 Å². The fourth-order valence-electron chi connectivity index (χ4n) is 1.97. The summed E-state index contributed by atoms with van der Waals surface area (Å²) in [6.07, 6.45) is 1.77. The molecule has 18 heavy (non-hydrogen) atoms. The lowest BCUT2D eigenvalue weighted by Gasteiger charge is -2.38. The lowest BCUT2D eigenvalue weighted by molar-refractivity contribution is -0.148. The summed E-state index contributed by atoms with van der Waals surface area (Å²) in [7, 11) is 0. The third-order valence-electron chi connectivity index (χ3n) is 3.37. The van der Waals surface area contributed by atoms with Crippen molar-refractivity contribution in [2.24, 2.45) is 0 Å². The van der Waals surface area contributed by atoms with Crippen LogP contribution in [0.2, 0.25) is 0 Å². The van der Waals surface area contributed by atoms with Crippen LogP contribution in [0.25, 0.3) is 0 Å². The first-order valence-corrected chi connectivity index (χ1v) is 5.83. The summed E-state index contributed by atoms with van der Waals surface area (Å²) in [4.78, 5) is 23.0. The molecule has 1 amide bonds. The molecule has 0 aliphatic heterocycles. The molecular formula is C13H15NO4. The van der Waals surface area contributed by atoms with Crippen molar-refractivity contribution in [1.82, 2.24) is 5.32 Å². The molecule has 0 unspecified atom stereocenters. The SMILES string of the molecule is O=C(NC1(C(=O)O)CCC1)c1ccc(CO)cc1. The Hall–Kier alpha value is -1.88. The Bertz CT molecular complexity index is 462. The number of aliphatic hydroxyl groups is 1. The highest BCUT2D eigenvalue weighted by molar-refractivity contribution is 5.98. The van der Waals surface area contributed by atoms with Crippen LogP contribution in [0.1, 0.15) is 35.2 Å². The summed E-state index contributed by atoms with van der Waals surface area (Å²) < 4.78 is 0. The van der Waals surface area contributed by atoms with Crippen LogP contribution < -0.4 is 5.32 Å². The smallest absolute Gasteiger partial charge is 0.329 e. The van der Waals surface area contributed by atoms with E-state index in [9.17, 15) is 9.59 Å². The largest absolute Gasteiger partial charge is 0.480 e. The second kappa shape index (κ2) is 4.78. The van der Waals surface area contributed by atoms with Crippen LogP contribution in [0.3, 0.4) is 0 Å². The first kappa shape index (κ1) is 12.6. The van der Waals surface area contributed by atoms with E-state index in [4.69, 9.17) is 10.2 Å². The van der Waals surface area contributed by atoms with Gasteiger partial charge in [-0.2, -0.15) is 0 Å². The normalized spacial score (nSPS) is 16.7. The highest BCUT2D eigenvalue weighted by Crippen LogP contribution is 2.32. The molecule has 0 spiro atoms. The minimum Gasteiger partial charge on any atom is -0.480 e. The van der Waals surface area contributed by atoms with Crippen molar-refractivity contribution < 1.29 is 19.8 Å². The number of hydrogen-bond donors (Lipinski definition) is 3. The Morgan fingerprint density at radius 2 is 1.83 bits per heavy atom. The number of carbonyl (C=O) groups excluding carboxylic acids is 1. The Morgan fingerprint density at radius 1 is 1.22 bits per heavy atom. The van der Waals surface area contributed by atoms with Crippen LogP contribution in [-0.2, 0) is 11.4 Å². The van der Waals surface area contributed by atoms with E-state index >= 15 is 0 Å². The third kappa shape index (κ3) is 2.22. The molecule has 3 N–H and O–H groups in total. The summed E-state index contributed by atoms with van der Waals surface area (Å²) in [5.41, 5.74) is 0.0232. The zero-order chi connectivity index (χ0) is 13.2. The van der Waals surface area contributed by atoms with Gasteiger partial charge in [-0.05, 0) is 37.0 Å². The van der Waals surface area contributed by atoms with Gasteiger partial charge < -0.3 is 15.5 Å². The average molecular weight is 249 g/mol. The van der Waals surface area contributed by atoms with E-state index in [0.29, 0.717) is 24.0 Å². The van der Waals surface area contributed by atoms with E-state index in [1.807, 2.05) is 0 Å². The topological polar surface area (TPSA) is 86.6 Å². The van der Waals surface area contributed by atoms with E-state index < -0.39 is 11.5 Å². The van der Waals surface area contributed by atoms with Crippen molar-refractivity contribution in [2.45, 2.75) is 31.4 Å². The van der Waals surface area contributed by atoms with Crippen molar-refractivity contribution in [3.63, 3.8) is 0 Å². The molecule has 5 heteroatoms. The van der Waals surface area contributed by atoms with Crippen LogP contribution in [0.4, 0.5) is 0 Å². The van der Waals surface area contributed by atoms with Gasteiger partial charge in [0.05, 0.1) is 6.61 Å². The zero-order valence-electron chi connectivity index (χ0n) is 9.85. The molecule has 5 nitrogen and oxygen atoms in total. The second-order valence-electron chi connectivity index (χ2n) is 4.55. The summed E-state index contributed by atoms with van der Waals surface area (Å²) in [5, 5.41) is 20.6. The average Bonchev–Trinajstić information content (AvgIpc) is 2.33. The molecule has 1 saturated carbocycles. The van der Waals surface area contributed by atoms with Gasteiger partial charge in [0.15, 0.2) is 0 Å². The number of benzene rings is 1. The maximum absolute atomic E-state index is 11.9. The number of rotatable bonds is 4. The van der Waals surface area contributed by atoms with Crippen molar-refractivity contribution in [1.29, 1.82) is 0 Å². The second-order valence-corrected chi connectivity index (χ2v) is 4.55. The van der Waals surface area contributed by atoms with Gasteiger partial charge in [0, 0.05) is 5.56 Å². The van der Waals surface area contributed by atoms with Crippen molar-refractivity contribution in [3.8, 4) is 0 Å². The lowest BCUT2D eigenvalue weighted by atomic mass is 9.76. The number of carboxylic acid groups (broad SMARTS) is 1. The van der Waals surface area contributed by atoms with E-state index in [0.717, 1.165) is 6.42 Å². The number of carboxylic acids is 1. The van der Waals surface area contributed by atoms with Gasteiger partial charge in [-0.3, -0.25) is 4.79 Å². The standard InChI is InChI=1S/C13H15NO4/c15-8-9-2-4-10(5-3-9)11(16)14-13(12(17)18)6-1-7-13/h2-5,15H,1,6-8H2,(H,14,16)(H,17,18). The van der Waals surface area contributed by atoms with Gasteiger partial charge in [0.2, 0.25) is 0 Å². The van der Waals surface area contributed by atoms with Crippen LogP contribution >= 0.6 is 0 Å². The quantitative estimate of drug-likeness (QED) is 0.740. The molecule has 0 aromatic heterocycles. The fraction of sp³-hybridized carbons (Fsp3) is 0.385. The molecule has 0 bridgehead atoms.